The Morgan fingerprint density at radius 1 is 1.37 bits per heavy atom. The van der Waals surface area contributed by atoms with Crippen LogP contribution in [0.2, 0.25) is 0 Å². The molecule has 0 aliphatic heterocycles. The number of benzene rings is 1. The molecule has 1 amide bonds. The third-order valence-corrected chi connectivity index (χ3v) is 6.10. The first kappa shape index (κ1) is 18.5. The van der Waals surface area contributed by atoms with Crippen molar-refractivity contribution in [1.82, 2.24) is 14.9 Å². The Hall–Kier alpha value is -1.87. The van der Waals surface area contributed by atoms with Gasteiger partial charge < -0.3 is 9.88 Å². The highest BCUT2D eigenvalue weighted by molar-refractivity contribution is 9.10. The van der Waals surface area contributed by atoms with E-state index in [-0.39, 0.29) is 11.8 Å². The summed E-state index contributed by atoms with van der Waals surface area (Å²) < 4.78 is 41.4. The van der Waals surface area contributed by atoms with Crippen molar-refractivity contribution in [2.45, 2.75) is 32.1 Å². The SMILES string of the molecule is O=C(NCc1cnc(-c2cc3c(Br)cccc3n2CC(F)(F)F)s1)C1CC1. The van der Waals surface area contributed by atoms with Crippen LogP contribution in [0.25, 0.3) is 21.6 Å². The molecular formula is C18H15BrF3N3OS. The van der Waals surface area contributed by atoms with Crippen LogP contribution in [0.15, 0.2) is 34.9 Å². The summed E-state index contributed by atoms with van der Waals surface area (Å²) in [5.74, 6) is 0.143. The van der Waals surface area contributed by atoms with E-state index in [2.05, 4.69) is 26.2 Å². The van der Waals surface area contributed by atoms with Gasteiger partial charge in [-0.15, -0.1) is 11.3 Å². The van der Waals surface area contributed by atoms with Crippen molar-refractivity contribution in [1.29, 1.82) is 0 Å². The van der Waals surface area contributed by atoms with Gasteiger partial charge in [-0.25, -0.2) is 4.98 Å². The van der Waals surface area contributed by atoms with Crippen LogP contribution in [-0.4, -0.2) is 21.6 Å². The van der Waals surface area contributed by atoms with Crippen molar-refractivity contribution in [2.75, 3.05) is 0 Å². The van der Waals surface area contributed by atoms with Gasteiger partial charge in [0, 0.05) is 26.9 Å². The molecule has 2 aromatic heterocycles. The molecule has 0 saturated heterocycles. The number of nitrogens with one attached hydrogen (secondary N) is 1. The number of carbonyl (C=O) groups is 1. The molecule has 4 nitrogen and oxygen atoms in total. The molecule has 1 aliphatic carbocycles. The van der Waals surface area contributed by atoms with E-state index in [0.29, 0.717) is 28.1 Å². The Morgan fingerprint density at radius 3 is 2.85 bits per heavy atom. The summed E-state index contributed by atoms with van der Waals surface area (Å²) in [4.78, 5) is 16.9. The topological polar surface area (TPSA) is 46.9 Å². The molecule has 0 unspecified atom stereocenters. The Balaban J connectivity index is 1.67. The first-order valence-electron chi connectivity index (χ1n) is 8.39. The van der Waals surface area contributed by atoms with E-state index in [1.54, 1.807) is 30.5 Å². The smallest absolute Gasteiger partial charge is 0.351 e. The Kier molecular flexibility index (Phi) is 4.75. The van der Waals surface area contributed by atoms with Crippen molar-refractivity contribution in [3.63, 3.8) is 0 Å². The van der Waals surface area contributed by atoms with Crippen molar-refractivity contribution < 1.29 is 18.0 Å². The van der Waals surface area contributed by atoms with Crippen molar-refractivity contribution in [2.24, 2.45) is 5.92 Å². The maximum Gasteiger partial charge on any atom is 0.406 e. The molecule has 1 saturated carbocycles. The van der Waals surface area contributed by atoms with E-state index in [1.807, 2.05) is 0 Å². The van der Waals surface area contributed by atoms with E-state index in [9.17, 15) is 18.0 Å². The van der Waals surface area contributed by atoms with Crippen LogP contribution >= 0.6 is 27.3 Å². The summed E-state index contributed by atoms with van der Waals surface area (Å²) >= 11 is 4.69. The largest absolute Gasteiger partial charge is 0.406 e. The molecule has 1 aromatic carbocycles. The molecule has 27 heavy (non-hydrogen) atoms. The molecule has 142 valence electrons. The number of fused-ring (bicyclic) bond motifs is 1. The van der Waals surface area contributed by atoms with E-state index in [1.165, 1.54) is 15.9 Å². The zero-order chi connectivity index (χ0) is 19.2. The highest BCUT2D eigenvalue weighted by atomic mass is 79.9. The normalized spacial score (nSPS) is 14.7. The highest BCUT2D eigenvalue weighted by Crippen LogP contribution is 2.36. The fraction of sp³-hybridized carbons (Fsp3) is 0.333. The van der Waals surface area contributed by atoms with Gasteiger partial charge in [0.05, 0.1) is 17.8 Å². The number of carbonyl (C=O) groups excluding carboxylic acids is 1. The lowest BCUT2D eigenvalue weighted by Crippen LogP contribution is -2.23. The van der Waals surface area contributed by atoms with E-state index >= 15 is 0 Å². The van der Waals surface area contributed by atoms with Crippen LogP contribution in [0.5, 0.6) is 0 Å². The number of nitrogens with zero attached hydrogens (tertiary/aromatic N) is 2. The molecule has 0 atom stereocenters. The Labute approximate surface area is 165 Å². The van der Waals surface area contributed by atoms with Crippen LogP contribution in [0, 0.1) is 5.92 Å². The second-order valence-corrected chi connectivity index (χ2v) is 8.50. The standard InChI is InChI=1S/C18H15BrF3N3OS/c19-13-2-1-3-14-12(13)6-15(25(14)9-18(20,21)22)17-24-8-11(27-17)7-23-16(26)10-4-5-10/h1-3,6,8,10H,4-5,7,9H2,(H,23,26). The maximum absolute atomic E-state index is 13.1. The minimum absolute atomic E-state index is 0.0278. The third kappa shape index (κ3) is 4.03. The molecule has 0 spiro atoms. The number of amides is 1. The van der Waals surface area contributed by atoms with Crippen LogP contribution < -0.4 is 5.32 Å². The summed E-state index contributed by atoms with van der Waals surface area (Å²) in [5, 5.41) is 4.05. The van der Waals surface area contributed by atoms with Crippen molar-refractivity contribution in [3.8, 4) is 10.7 Å². The van der Waals surface area contributed by atoms with Gasteiger partial charge >= 0.3 is 6.18 Å². The van der Waals surface area contributed by atoms with Crippen LogP contribution in [-0.2, 0) is 17.9 Å². The number of hydrogen-bond donors (Lipinski definition) is 1. The Morgan fingerprint density at radius 2 is 2.15 bits per heavy atom. The fourth-order valence-electron chi connectivity index (χ4n) is 2.95. The van der Waals surface area contributed by atoms with Crippen LogP contribution in [0.1, 0.15) is 17.7 Å². The number of hydrogen-bond acceptors (Lipinski definition) is 3. The molecule has 4 rings (SSSR count). The maximum atomic E-state index is 13.1. The molecule has 0 bridgehead atoms. The van der Waals surface area contributed by atoms with Crippen molar-refractivity contribution >= 4 is 44.1 Å². The molecule has 9 heteroatoms. The van der Waals surface area contributed by atoms with Gasteiger partial charge in [-0.3, -0.25) is 4.79 Å². The summed E-state index contributed by atoms with van der Waals surface area (Å²) in [6.07, 6.45) is -0.891. The number of halogens is 4. The molecule has 2 heterocycles. The second kappa shape index (κ2) is 6.94. The van der Waals surface area contributed by atoms with E-state index < -0.39 is 12.7 Å². The number of alkyl halides is 3. The molecular weight excluding hydrogens is 443 g/mol. The summed E-state index contributed by atoms with van der Waals surface area (Å²) in [7, 11) is 0. The first-order valence-corrected chi connectivity index (χ1v) is 10.00. The predicted octanol–water partition coefficient (Wildman–Crippen LogP) is 5.12. The number of rotatable bonds is 5. The van der Waals surface area contributed by atoms with Gasteiger partial charge in [0.15, 0.2) is 0 Å². The minimum Gasteiger partial charge on any atom is -0.351 e. The van der Waals surface area contributed by atoms with Gasteiger partial charge in [-0.2, -0.15) is 13.2 Å². The van der Waals surface area contributed by atoms with Crippen molar-refractivity contribution in [3.05, 3.63) is 39.8 Å². The zero-order valence-electron chi connectivity index (χ0n) is 14.0. The molecule has 3 aromatic rings. The minimum atomic E-state index is -4.35. The van der Waals surface area contributed by atoms with Gasteiger partial charge in [0.2, 0.25) is 5.91 Å². The third-order valence-electron chi connectivity index (χ3n) is 4.39. The molecule has 1 fully saturated rings. The van der Waals surface area contributed by atoms with Gasteiger partial charge in [0.25, 0.3) is 0 Å². The Bertz CT molecular complexity index is 1010. The number of aromatic nitrogens is 2. The lowest BCUT2D eigenvalue weighted by atomic mass is 10.2. The summed E-state index contributed by atoms with van der Waals surface area (Å²) in [6.45, 7) is -0.744. The van der Waals surface area contributed by atoms with Gasteiger partial charge in [-0.05, 0) is 31.0 Å². The predicted molar refractivity (Wildman–Crippen MR) is 101 cm³/mol. The summed E-state index contributed by atoms with van der Waals surface area (Å²) in [5.41, 5.74) is 0.912. The van der Waals surface area contributed by atoms with Crippen LogP contribution in [0.4, 0.5) is 13.2 Å². The van der Waals surface area contributed by atoms with Gasteiger partial charge in [0.1, 0.15) is 11.6 Å². The average molecular weight is 458 g/mol. The molecule has 1 aliphatic rings. The lowest BCUT2D eigenvalue weighted by Gasteiger charge is -2.12. The van der Waals surface area contributed by atoms with E-state index in [0.717, 1.165) is 22.2 Å². The first-order chi connectivity index (χ1) is 12.8. The average Bonchev–Trinajstić information content (AvgIpc) is 3.25. The number of thiazole rings is 1. The second-order valence-electron chi connectivity index (χ2n) is 6.53. The zero-order valence-corrected chi connectivity index (χ0v) is 16.4. The highest BCUT2D eigenvalue weighted by Gasteiger charge is 2.31. The fourth-order valence-corrected chi connectivity index (χ4v) is 4.29. The van der Waals surface area contributed by atoms with Gasteiger partial charge in [-0.1, -0.05) is 22.0 Å². The lowest BCUT2D eigenvalue weighted by molar-refractivity contribution is -0.139. The monoisotopic (exact) mass is 457 g/mol. The van der Waals surface area contributed by atoms with Crippen LogP contribution in [0.3, 0.4) is 0 Å². The quantitative estimate of drug-likeness (QED) is 0.578. The molecule has 1 N–H and O–H groups in total. The molecule has 0 radical (unpaired) electrons. The van der Waals surface area contributed by atoms with E-state index in [4.69, 9.17) is 0 Å². The summed E-state index contributed by atoms with van der Waals surface area (Å²) in [6, 6.07) is 6.89.